The molecule has 1 aromatic rings. The number of thiophene rings is 1. The summed E-state index contributed by atoms with van der Waals surface area (Å²) >= 11 is 4.71. The Morgan fingerprint density at radius 2 is 2.25 bits per heavy atom. The van der Waals surface area contributed by atoms with Gasteiger partial charge in [-0.15, -0.1) is 11.3 Å². The van der Waals surface area contributed by atoms with Gasteiger partial charge in [0.2, 0.25) is 0 Å². The fraction of sp³-hybridized carbons (Fsp3) is 0. The Morgan fingerprint density at radius 1 is 1.50 bits per heavy atom. The van der Waals surface area contributed by atoms with E-state index in [1.54, 1.807) is 6.07 Å². The third-order valence-corrected chi connectivity index (χ3v) is 2.82. The van der Waals surface area contributed by atoms with Gasteiger partial charge in [-0.2, -0.15) is 10.5 Å². The third-order valence-electron chi connectivity index (χ3n) is 1.17. The maximum Gasteiger partial charge on any atom is 0.101 e. The second-order valence-electron chi connectivity index (χ2n) is 1.90. The molecule has 1 aromatic heterocycles. The highest BCUT2D eigenvalue weighted by molar-refractivity contribution is 9.11. The van der Waals surface area contributed by atoms with Crippen molar-refractivity contribution in [3.05, 3.63) is 26.9 Å². The number of nitrogens with zero attached hydrogens (tertiary/aromatic N) is 2. The van der Waals surface area contributed by atoms with E-state index >= 15 is 0 Å². The van der Waals surface area contributed by atoms with Crippen LogP contribution in [-0.2, 0) is 0 Å². The monoisotopic (exact) mass is 238 g/mol. The molecule has 0 fully saturated rings. The topological polar surface area (TPSA) is 47.6 Å². The van der Waals surface area contributed by atoms with Crippen molar-refractivity contribution in [1.82, 2.24) is 0 Å². The summed E-state index contributed by atoms with van der Waals surface area (Å²) in [7, 11) is 0. The van der Waals surface area contributed by atoms with E-state index in [-0.39, 0.29) is 0 Å². The third kappa shape index (κ3) is 1.94. The second-order valence-corrected chi connectivity index (χ2v) is 4.37. The number of hydrogen-bond donors (Lipinski definition) is 0. The Hall–Kier alpha value is -1.10. The molecule has 12 heavy (non-hydrogen) atoms. The maximum atomic E-state index is 8.64. The summed E-state index contributed by atoms with van der Waals surface area (Å²) in [6, 6.07) is 7.45. The molecule has 0 atom stereocenters. The molecule has 0 saturated carbocycles. The highest BCUT2D eigenvalue weighted by atomic mass is 79.9. The van der Waals surface area contributed by atoms with Crippen molar-refractivity contribution >= 4 is 32.8 Å². The molecule has 0 amide bonds. The van der Waals surface area contributed by atoms with Crippen LogP contribution in [0.25, 0.3) is 5.57 Å². The zero-order chi connectivity index (χ0) is 8.97. The van der Waals surface area contributed by atoms with Crippen molar-refractivity contribution in [3.63, 3.8) is 0 Å². The maximum absolute atomic E-state index is 8.64. The summed E-state index contributed by atoms with van der Waals surface area (Å²) in [6.07, 6.45) is 1.25. The molecule has 0 aliphatic rings. The molecule has 1 rings (SSSR count). The molecule has 0 saturated heterocycles. The van der Waals surface area contributed by atoms with E-state index in [0.29, 0.717) is 5.57 Å². The number of rotatable bonds is 1. The summed E-state index contributed by atoms with van der Waals surface area (Å²) in [5, 5.41) is 17.0. The molecule has 58 valence electrons. The van der Waals surface area contributed by atoms with Gasteiger partial charge in [-0.3, -0.25) is 0 Å². The van der Waals surface area contributed by atoms with E-state index in [1.165, 1.54) is 17.4 Å². The Morgan fingerprint density at radius 3 is 2.67 bits per heavy atom. The van der Waals surface area contributed by atoms with E-state index < -0.39 is 0 Å². The smallest absolute Gasteiger partial charge is 0.101 e. The molecule has 0 aliphatic heterocycles. The molecule has 0 bridgehead atoms. The van der Waals surface area contributed by atoms with Gasteiger partial charge in [0.1, 0.15) is 6.07 Å². The van der Waals surface area contributed by atoms with Gasteiger partial charge >= 0.3 is 0 Å². The number of nitriles is 2. The van der Waals surface area contributed by atoms with E-state index in [1.807, 2.05) is 18.2 Å². The van der Waals surface area contributed by atoms with Crippen molar-refractivity contribution in [3.8, 4) is 12.1 Å². The molecule has 0 aromatic carbocycles. The first kappa shape index (κ1) is 8.99. The van der Waals surface area contributed by atoms with Gasteiger partial charge in [0.05, 0.1) is 15.4 Å². The van der Waals surface area contributed by atoms with Crippen LogP contribution in [0.2, 0.25) is 0 Å². The predicted octanol–water partition coefficient (Wildman–Crippen LogP) is 2.94. The van der Waals surface area contributed by atoms with Crippen LogP contribution >= 0.6 is 27.3 Å². The van der Waals surface area contributed by atoms with Crippen LogP contribution in [0.15, 0.2) is 22.0 Å². The first-order valence-electron chi connectivity index (χ1n) is 3.03. The molecule has 4 heteroatoms. The lowest BCUT2D eigenvalue weighted by Crippen LogP contribution is -1.71. The summed E-state index contributed by atoms with van der Waals surface area (Å²) in [4.78, 5) is 0.811. The van der Waals surface area contributed by atoms with Crippen LogP contribution in [0, 0.1) is 22.7 Å². The first-order valence-corrected chi connectivity index (χ1v) is 4.64. The molecular formula is C8H3BrN2S. The van der Waals surface area contributed by atoms with Gasteiger partial charge in [0, 0.05) is 11.0 Å². The molecular weight excluding hydrogens is 236 g/mol. The van der Waals surface area contributed by atoms with E-state index in [2.05, 4.69) is 15.9 Å². The lowest BCUT2D eigenvalue weighted by molar-refractivity contribution is 1.52. The molecule has 0 N–H and O–H groups in total. The van der Waals surface area contributed by atoms with Gasteiger partial charge < -0.3 is 0 Å². The van der Waals surface area contributed by atoms with E-state index in [9.17, 15) is 0 Å². The first-order chi connectivity index (χ1) is 5.77. The standard InChI is InChI=1S/C8H3BrN2S/c9-8-2-1-7(12-8)6(5-11)3-4-10/h1-3H. The van der Waals surface area contributed by atoms with Crippen molar-refractivity contribution in [2.45, 2.75) is 0 Å². The summed E-state index contributed by atoms with van der Waals surface area (Å²) in [6.45, 7) is 0. The van der Waals surface area contributed by atoms with Crippen LogP contribution in [0.3, 0.4) is 0 Å². The molecule has 0 aliphatic carbocycles. The van der Waals surface area contributed by atoms with Gasteiger partial charge in [0.15, 0.2) is 0 Å². The minimum atomic E-state index is 0.410. The van der Waals surface area contributed by atoms with Crippen LogP contribution < -0.4 is 0 Å². The molecule has 0 radical (unpaired) electrons. The Bertz CT molecular complexity index is 392. The van der Waals surface area contributed by atoms with Crippen molar-refractivity contribution < 1.29 is 0 Å². The van der Waals surface area contributed by atoms with Gasteiger partial charge in [-0.25, -0.2) is 0 Å². The average molecular weight is 239 g/mol. The fourth-order valence-electron chi connectivity index (χ4n) is 0.682. The molecule has 1 heterocycles. The minimum absolute atomic E-state index is 0.410. The molecule has 2 nitrogen and oxygen atoms in total. The van der Waals surface area contributed by atoms with E-state index in [0.717, 1.165) is 8.66 Å². The number of hydrogen-bond acceptors (Lipinski definition) is 3. The summed E-state index contributed by atoms with van der Waals surface area (Å²) in [5.74, 6) is 0. The number of allylic oxidation sites excluding steroid dienone is 2. The number of halogens is 1. The highest BCUT2D eigenvalue weighted by Gasteiger charge is 2.02. The van der Waals surface area contributed by atoms with Crippen molar-refractivity contribution in [1.29, 1.82) is 10.5 Å². The van der Waals surface area contributed by atoms with Gasteiger partial charge in [-0.1, -0.05) is 0 Å². The largest absolute Gasteiger partial charge is 0.193 e. The minimum Gasteiger partial charge on any atom is -0.193 e. The summed E-state index contributed by atoms with van der Waals surface area (Å²) < 4.78 is 0.955. The van der Waals surface area contributed by atoms with Gasteiger partial charge in [0.25, 0.3) is 0 Å². The lowest BCUT2D eigenvalue weighted by Gasteiger charge is -1.86. The second kappa shape index (κ2) is 4.06. The Balaban J connectivity index is 3.08. The predicted molar refractivity (Wildman–Crippen MR) is 51.2 cm³/mol. The fourth-order valence-corrected chi connectivity index (χ4v) is 2.03. The van der Waals surface area contributed by atoms with Gasteiger partial charge in [-0.05, 0) is 28.1 Å². The van der Waals surface area contributed by atoms with Crippen LogP contribution in [0.1, 0.15) is 4.88 Å². The Kier molecular flexibility index (Phi) is 3.04. The highest BCUT2D eigenvalue weighted by Crippen LogP contribution is 2.27. The zero-order valence-corrected chi connectivity index (χ0v) is 8.32. The molecule has 0 unspecified atom stereocenters. The average Bonchev–Trinajstić information content (AvgIpc) is 2.47. The van der Waals surface area contributed by atoms with Crippen LogP contribution in [0.4, 0.5) is 0 Å². The van der Waals surface area contributed by atoms with Crippen LogP contribution in [0.5, 0.6) is 0 Å². The normalized spacial score (nSPS) is 10.4. The quantitative estimate of drug-likeness (QED) is 0.707. The SMILES string of the molecule is N#CC=C(C#N)c1ccc(Br)s1. The van der Waals surface area contributed by atoms with Crippen molar-refractivity contribution in [2.75, 3.05) is 0 Å². The van der Waals surface area contributed by atoms with Crippen molar-refractivity contribution in [2.24, 2.45) is 0 Å². The zero-order valence-electron chi connectivity index (χ0n) is 5.91. The van der Waals surface area contributed by atoms with Crippen LogP contribution in [-0.4, -0.2) is 0 Å². The Labute approximate surface area is 82.5 Å². The summed E-state index contributed by atoms with van der Waals surface area (Å²) in [5.41, 5.74) is 0.410. The lowest BCUT2D eigenvalue weighted by atomic mass is 10.2. The van der Waals surface area contributed by atoms with E-state index in [4.69, 9.17) is 10.5 Å². The molecule has 0 spiro atoms.